The second kappa shape index (κ2) is 8.70. The van der Waals surface area contributed by atoms with E-state index in [-0.39, 0.29) is 6.54 Å². The van der Waals surface area contributed by atoms with Crippen LogP contribution in [0.2, 0.25) is 0 Å². The van der Waals surface area contributed by atoms with Crippen LogP contribution in [-0.4, -0.2) is 34.0 Å². The van der Waals surface area contributed by atoms with E-state index in [1.54, 1.807) is 23.8 Å². The van der Waals surface area contributed by atoms with Gasteiger partial charge in [-0.1, -0.05) is 6.07 Å². The van der Waals surface area contributed by atoms with E-state index in [0.717, 1.165) is 5.76 Å². The van der Waals surface area contributed by atoms with Gasteiger partial charge >= 0.3 is 0 Å². The molecule has 0 aliphatic heterocycles. The number of sulfonamides is 1. The van der Waals surface area contributed by atoms with Crippen LogP contribution in [0.1, 0.15) is 12.7 Å². The Kier molecular flexibility index (Phi) is 6.63. The normalized spacial score (nSPS) is 12.3. The van der Waals surface area contributed by atoms with Gasteiger partial charge in [0.2, 0.25) is 10.0 Å². The smallest absolute Gasteiger partial charge is 0.250 e. The zero-order valence-electron chi connectivity index (χ0n) is 12.8. The fourth-order valence-corrected chi connectivity index (χ4v) is 3.82. The van der Waals surface area contributed by atoms with Crippen LogP contribution in [0.15, 0.2) is 49.5 Å². The highest BCUT2D eigenvalue weighted by atomic mass is 32.2. The van der Waals surface area contributed by atoms with Crippen LogP contribution in [0.25, 0.3) is 0 Å². The molecule has 0 amide bonds. The molecule has 0 spiro atoms. The lowest BCUT2D eigenvalue weighted by molar-refractivity contribution is 0.512. The molecule has 0 atom stereocenters. The fourth-order valence-electron chi connectivity index (χ4n) is 1.76. The van der Waals surface area contributed by atoms with Crippen molar-refractivity contribution in [3.63, 3.8) is 0 Å². The van der Waals surface area contributed by atoms with Gasteiger partial charge in [-0.3, -0.25) is 0 Å². The van der Waals surface area contributed by atoms with Crippen molar-refractivity contribution in [3.8, 4) is 0 Å². The van der Waals surface area contributed by atoms with E-state index in [4.69, 9.17) is 4.42 Å². The zero-order chi connectivity index (χ0) is 16.5. The summed E-state index contributed by atoms with van der Waals surface area (Å²) in [4.78, 5) is 4.37. The third kappa shape index (κ3) is 5.70. The minimum atomic E-state index is -3.42. The highest BCUT2D eigenvalue weighted by Crippen LogP contribution is 2.14. The van der Waals surface area contributed by atoms with Gasteiger partial charge in [-0.25, -0.2) is 18.1 Å². The van der Waals surface area contributed by atoms with E-state index < -0.39 is 10.0 Å². The number of aliphatic imine (C=N–C) groups is 1. The van der Waals surface area contributed by atoms with Gasteiger partial charge in [0.05, 0.1) is 6.26 Å². The van der Waals surface area contributed by atoms with E-state index in [2.05, 4.69) is 20.3 Å². The molecular formula is C14H20N4O3S2. The molecule has 2 aromatic heterocycles. The molecule has 0 radical (unpaired) electrons. The van der Waals surface area contributed by atoms with E-state index >= 15 is 0 Å². The first-order valence-corrected chi connectivity index (χ1v) is 9.56. The van der Waals surface area contributed by atoms with Crippen molar-refractivity contribution in [3.05, 3.63) is 41.7 Å². The molecule has 0 saturated carbocycles. The van der Waals surface area contributed by atoms with Crippen LogP contribution < -0.4 is 15.4 Å². The quantitative estimate of drug-likeness (QED) is 0.377. The highest BCUT2D eigenvalue weighted by molar-refractivity contribution is 7.91. The summed E-state index contributed by atoms with van der Waals surface area (Å²) in [6.07, 6.45) is 1.60. The molecule has 0 bridgehead atoms. The molecule has 2 heterocycles. The number of nitrogens with one attached hydrogen (secondary N) is 3. The van der Waals surface area contributed by atoms with Gasteiger partial charge in [-0.15, -0.1) is 11.3 Å². The molecule has 0 aromatic carbocycles. The third-order valence-corrected chi connectivity index (χ3v) is 5.65. The van der Waals surface area contributed by atoms with Crippen LogP contribution in [0, 0.1) is 0 Å². The van der Waals surface area contributed by atoms with Gasteiger partial charge in [0.1, 0.15) is 16.5 Å². The Balaban J connectivity index is 1.79. The lowest BCUT2D eigenvalue weighted by Crippen LogP contribution is -2.41. The topological polar surface area (TPSA) is 95.7 Å². The van der Waals surface area contributed by atoms with Crippen LogP contribution >= 0.6 is 11.3 Å². The van der Waals surface area contributed by atoms with E-state index in [1.165, 1.54) is 11.3 Å². The van der Waals surface area contributed by atoms with Crippen LogP contribution in [0.4, 0.5) is 0 Å². The lowest BCUT2D eigenvalue weighted by Gasteiger charge is -2.11. The second-order valence-corrected chi connectivity index (χ2v) is 7.47. The summed E-state index contributed by atoms with van der Waals surface area (Å²) in [5, 5.41) is 7.90. The average molecular weight is 356 g/mol. The molecule has 0 unspecified atom stereocenters. The van der Waals surface area contributed by atoms with Crippen molar-refractivity contribution in [1.29, 1.82) is 0 Å². The van der Waals surface area contributed by atoms with Gasteiger partial charge in [0.25, 0.3) is 0 Å². The average Bonchev–Trinajstić information content (AvgIpc) is 3.22. The Morgan fingerprint density at radius 3 is 2.78 bits per heavy atom. The Morgan fingerprint density at radius 1 is 1.26 bits per heavy atom. The summed E-state index contributed by atoms with van der Waals surface area (Å²) in [6, 6.07) is 6.95. The Morgan fingerprint density at radius 2 is 2.13 bits per heavy atom. The third-order valence-electron chi connectivity index (χ3n) is 2.79. The van der Waals surface area contributed by atoms with Crippen LogP contribution in [0.3, 0.4) is 0 Å². The molecule has 3 N–H and O–H groups in total. The Bertz CT molecular complexity index is 694. The molecule has 2 rings (SSSR count). The standard InChI is InChI=1S/C14H20N4O3S2/c1-2-15-14(17-11-12-5-3-9-21-12)16-7-8-18-23(19,20)13-6-4-10-22-13/h3-6,9-10,18H,2,7-8,11H2,1H3,(H2,15,16,17). The molecule has 126 valence electrons. The number of rotatable bonds is 8. The maximum Gasteiger partial charge on any atom is 0.250 e. The molecule has 9 heteroatoms. The fraction of sp³-hybridized carbons (Fsp3) is 0.357. The summed E-state index contributed by atoms with van der Waals surface area (Å²) in [5.74, 6) is 1.37. The minimum Gasteiger partial charge on any atom is -0.467 e. The second-order valence-electron chi connectivity index (χ2n) is 4.53. The predicted molar refractivity (Wildman–Crippen MR) is 91.0 cm³/mol. The van der Waals surface area contributed by atoms with Crippen molar-refractivity contribution in [2.75, 3.05) is 19.6 Å². The number of guanidine groups is 1. The number of hydrogen-bond acceptors (Lipinski definition) is 5. The molecule has 2 aromatic rings. The van der Waals surface area contributed by atoms with Gasteiger partial charge in [-0.2, -0.15) is 0 Å². The molecular weight excluding hydrogens is 336 g/mol. The maximum atomic E-state index is 12.0. The van der Waals surface area contributed by atoms with Crippen molar-refractivity contribution in [2.24, 2.45) is 4.99 Å². The largest absolute Gasteiger partial charge is 0.467 e. The zero-order valence-corrected chi connectivity index (χ0v) is 14.4. The van der Waals surface area contributed by atoms with E-state index in [0.29, 0.717) is 29.8 Å². The summed E-state index contributed by atoms with van der Waals surface area (Å²) in [5.41, 5.74) is 0. The highest BCUT2D eigenvalue weighted by Gasteiger charge is 2.13. The minimum absolute atomic E-state index is 0.269. The molecule has 0 fully saturated rings. The number of nitrogens with zero attached hydrogens (tertiary/aromatic N) is 1. The summed E-state index contributed by atoms with van der Waals surface area (Å²) >= 11 is 1.19. The van der Waals surface area contributed by atoms with Crippen LogP contribution in [-0.2, 0) is 16.6 Å². The molecule has 0 saturated heterocycles. The first-order valence-electron chi connectivity index (χ1n) is 7.19. The van der Waals surface area contributed by atoms with Gasteiger partial charge < -0.3 is 15.1 Å². The summed E-state index contributed by atoms with van der Waals surface area (Å²) < 4.78 is 32.0. The Labute approximate surface area is 139 Å². The van der Waals surface area contributed by atoms with E-state index in [1.807, 2.05) is 19.1 Å². The molecule has 0 aliphatic carbocycles. The van der Waals surface area contributed by atoms with Gasteiger partial charge in [0.15, 0.2) is 5.96 Å². The van der Waals surface area contributed by atoms with Gasteiger partial charge in [0, 0.05) is 19.6 Å². The lowest BCUT2D eigenvalue weighted by atomic mass is 10.4. The molecule has 7 nitrogen and oxygen atoms in total. The van der Waals surface area contributed by atoms with Gasteiger partial charge in [-0.05, 0) is 30.5 Å². The van der Waals surface area contributed by atoms with Crippen LogP contribution in [0.5, 0.6) is 0 Å². The first-order chi connectivity index (χ1) is 11.1. The SMILES string of the molecule is CCNC(=NCc1ccco1)NCCNS(=O)(=O)c1cccs1. The number of hydrogen-bond donors (Lipinski definition) is 3. The maximum absolute atomic E-state index is 12.0. The molecule has 23 heavy (non-hydrogen) atoms. The number of thiophene rings is 1. The number of furan rings is 1. The summed E-state index contributed by atoms with van der Waals surface area (Å²) in [6.45, 7) is 3.79. The van der Waals surface area contributed by atoms with E-state index in [9.17, 15) is 8.42 Å². The Hall–Kier alpha value is -1.84. The predicted octanol–water partition coefficient (Wildman–Crippen LogP) is 1.37. The first kappa shape index (κ1) is 17.5. The van der Waals surface area contributed by atoms with Crippen molar-refractivity contribution < 1.29 is 12.8 Å². The molecule has 0 aliphatic rings. The van der Waals surface area contributed by atoms with Crippen molar-refractivity contribution in [1.82, 2.24) is 15.4 Å². The monoisotopic (exact) mass is 356 g/mol. The van der Waals surface area contributed by atoms with Crippen molar-refractivity contribution in [2.45, 2.75) is 17.7 Å². The van der Waals surface area contributed by atoms with Crippen molar-refractivity contribution >= 4 is 27.3 Å². The summed E-state index contributed by atoms with van der Waals surface area (Å²) in [7, 11) is -3.42.